The van der Waals surface area contributed by atoms with Gasteiger partial charge in [0.15, 0.2) is 5.96 Å². The zero-order valence-electron chi connectivity index (χ0n) is 14.3. The number of nitrogens with two attached hydrogens (primary N) is 1. The Kier molecular flexibility index (Phi) is 11.1. The maximum absolute atomic E-state index is 5.83. The fourth-order valence-corrected chi connectivity index (χ4v) is 1.99. The van der Waals surface area contributed by atoms with Gasteiger partial charge in [-0.15, -0.1) is 24.0 Å². The predicted octanol–water partition coefficient (Wildman–Crippen LogP) is 3.25. The molecule has 0 heterocycles. The maximum atomic E-state index is 5.83. The van der Waals surface area contributed by atoms with Crippen LogP contribution in [0.5, 0.6) is 0 Å². The van der Waals surface area contributed by atoms with E-state index in [-0.39, 0.29) is 24.0 Å². The molecule has 3 N–H and O–H groups in total. The van der Waals surface area contributed by atoms with Crippen LogP contribution in [0.3, 0.4) is 0 Å². The van der Waals surface area contributed by atoms with Crippen molar-refractivity contribution >= 4 is 35.6 Å². The van der Waals surface area contributed by atoms with Gasteiger partial charge in [0.05, 0.1) is 0 Å². The Labute approximate surface area is 152 Å². The number of nitrogens with zero attached hydrogens (tertiary/aromatic N) is 2. The molecule has 5 heteroatoms. The van der Waals surface area contributed by atoms with Crippen molar-refractivity contribution in [3.05, 3.63) is 29.8 Å². The first-order chi connectivity index (χ1) is 9.99. The van der Waals surface area contributed by atoms with E-state index in [4.69, 9.17) is 5.73 Å². The molecule has 0 saturated carbocycles. The summed E-state index contributed by atoms with van der Waals surface area (Å²) in [6, 6.07) is 8.67. The summed E-state index contributed by atoms with van der Waals surface area (Å²) in [6.07, 6.45) is 3.18. The normalized spacial score (nSPS) is 11.2. The van der Waals surface area contributed by atoms with Crippen molar-refractivity contribution in [1.29, 1.82) is 0 Å². The summed E-state index contributed by atoms with van der Waals surface area (Å²) in [5.74, 6) is 1.26. The number of aliphatic imine (C=N–C) groups is 1. The van der Waals surface area contributed by atoms with Crippen LogP contribution in [0.1, 0.15) is 32.3 Å². The molecule has 0 aliphatic rings. The molecule has 0 amide bonds. The molecule has 4 nitrogen and oxygen atoms in total. The Balaban J connectivity index is 0.00000441. The van der Waals surface area contributed by atoms with Gasteiger partial charge in [-0.1, -0.05) is 26.0 Å². The van der Waals surface area contributed by atoms with E-state index < -0.39 is 0 Å². The molecule has 0 radical (unpaired) electrons. The number of halogens is 1. The Morgan fingerprint density at radius 3 is 2.41 bits per heavy atom. The van der Waals surface area contributed by atoms with Crippen LogP contribution in [-0.4, -0.2) is 33.1 Å². The summed E-state index contributed by atoms with van der Waals surface area (Å²) in [5, 5.41) is 3.15. The fourth-order valence-electron chi connectivity index (χ4n) is 1.99. The highest BCUT2D eigenvalue weighted by Crippen LogP contribution is 2.13. The second-order valence-electron chi connectivity index (χ2n) is 6.04. The lowest BCUT2D eigenvalue weighted by Crippen LogP contribution is -2.33. The molecule has 126 valence electrons. The smallest absolute Gasteiger partial charge is 0.188 e. The Morgan fingerprint density at radius 1 is 1.23 bits per heavy atom. The van der Waals surface area contributed by atoms with Crippen LogP contribution in [0.4, 0.5) is 5.69 Å². The minimum Gasteiger partial charge on any atom is -0.378 e. The molecular weight excluding hydrogens is 387 g/mol. The molecule has 0 atom stereocenters. The lowest BCUT2D eigenvalue weighted by Gasteiger charge is -2.12. The first kappa shape index (κ1) is 21.0. The van der Waals surface area contributed by atoms with Crippen molar-refractivity contribution in [1.82, 2.24) is 5.32 Å². The number of guanidine groups is 1. The van der Waals surface area contributed by atoms with Gasteiger partial charge in [0.1, 0.15) is 0 Å². The topological polar surface area (TPSA) is 53.6 Å². The van der Waals surface area contributed by atoms with Crippen LogP contribution in [0.25, 0.3) is 0 Å². The van der Waals surface area contributed by atoms with E-state index in [1.165, 1.54) is 11.3 Å². The second-order valence-corrected chi connectivity index (χ2v) is 6.04. The first-order valence-electron chi connectivity index (χ1n) is 7.79. The zero-order chi connectivity index (χ0) is 15.7. The summed E-state index contributed by atoms with van der Waals surface area (Å²) < 4.78 is 0. The van der Waals surface area contributed by atoms with Crippen molar-refractivity contribution in [3.63, 3.8) is 0 Å². The Morgan fingerprint density at radius 2 is 1.86 bits per heavy atom. The third-order valence-corrected chi connectivity index (χ3v) is 3.39. The fraction of sp³-hybridized carbons (Fsp3) is 0.588. The van der Waals surface area contributed by atoms with Gasteiger partial charge >= 0.3 is 0 Å². The van der Waals surface area contributed by atoms with E-state index in [2.05, 4.69) is 67.4 Å². The lowest BCUT2D eigenvalue weighted by atomic mass is 10.1. The van der Waals surface area contributed by atoms with Gasteiger partial charge in [-0.05, 0) is 42.9 Å². The van der Waals surface area contributed by atoms with Gasteiger partial charge in [0.25, 0.3) is 0 Å². The summed E-state index contributed by atoms with van der Waals surface area (Å²) >= 11 is 0. The summed E-state index contributed by atoms with van der Waals surface area (Å²) in [7, 11) is 4.11. The van der Waals surface area contributed by atoms with Crippen molar-refractivity contribution < 1.29 is 0 Å². The van der Waals surface area contributed by atoms with Gasteiger partial charge in [0, 0.05) is 32.9 Å². The van der Waals surface area contributed by atoms with Crippen molar-refractivity contribution in [3.8, 4) is 0 Å². The molecule has 1 aromatic rings. The van der Waals surface area contributed by atoms with Crippen LogP contribution in [0.2, 0.25) is 0 Å². The van der Waals surface area contributed by atoms with Gasteiger partial charge in [-0.25, -0.2) is 0 Å². The van der Waals surface area contributed by atoms with Crippen molar-refractivity contribution in [2.24, 2.45) is 16.6 Å². The molecule has 22 heavy (non-hydrogen) atoms. The average Bonchev–Trinajstić information content (AvgIpc) is 2.43. The molecule has 0 spiro atoms. The van der Waals surface area contributed by atoms with Crippen LogP contribution >= 0.6 is 24.0 Å². The number of rotatable bonds is 8. The molecule has 1 aromatic carbocycles. The SMILES string of the molecule is CC(C)CCNC(N)=NCCCc1ccc(N(C)C)cc1.I. The number of hydrogen-bond acceptors (Lipinski definition) is 2. The quantitative estimate of drug-likeness (QED) is 0.295. The van der Waals surface area contributed by atoms with Crippen LogP contribution in [0.15, 0.2) is 29.3 Å². The molecule has 0 bridgehead atoms. The van der Waals surface area contributed by atoms with Crippen LogP contribution < -0.4 is 16.0 Å². The third-order valence-electron chi connectivity index (χ3n) is 3.39. The molecule has 0 unspecified atom stereocenters. The summed E-state index contributed by atoms with van der Waals surface area (Å²) in [4.78, 5) is 6.47. The molecule has 0 saturated heterocycles. The van der Waals surface area contributed by atoms with Gasteiger partial charge in [-0.3, -0.25) is 4.99 Å². The second kappa shape index (κ2) is 11.6. The lowest BCUT2D eigenvalue weighted by molar-refractivity contribution is 0.576. The van der Waals surface area contributed by atoms with Crippen molar-refractivity contribution in [2.75, 3.05) is 32.1 Å². The molecule has 0 aliphatic heterocycles. The predicted molar refractivity (Wildman–Crippen MR) is 108 cm³/mol. The minimum atomic E-state index is 0. The molecular formula is C17H31IN4. The highest BCUT2D eigenvalue weighted by molar-refractivity contribution is 14.0. The molecule has 0 aliphatic carbocycles. The number of nitrogens with one attached hydrogen (secondary N) is 1. The van der Waals surface area contributed by atoms with E-state index in [1.807, 2.05) is 0 Å². The molecule has 0 aromatic heterocycles. The van der Waals surface area contributed by atoms with Gasteiger partial charge < -0.3 is 16.0 Å². The third kappa shape index (κ3) is 9.12. The van der Waals surface area contributed by atoms with Crippen LogP contribution in [0, 0.1) is 5.92 Å². The Hall–Kier alpha value is -0.980. The number of aryl methyl sites for hydroxylation is 1. The largest absolute Gasteiger partial charge is 0.378 e. The van der Waals surface area contributed by atoms with E-state index in [9.17, 15) is 0 Å². The number of benzene rings is 1. The average molecular weight is 418 g/mol. The summed E-state index contributed by atoms with van der Waals surface area (Å²) in [5.41, 5.74) is 8.41. The van der Waals surface area contributed by atoms with E-state index >= 15 is 0 Å². The van der Waals surface area contributed by atoms with Crippen LogP contribution in [-0.2, 0) is 6.42 Å². The highest BCUT2D eigenvalue weighted by atomic mass is 127. The molecule has 0 fully saturated rings. The standard InChI is InChI=1S/C17H30N4.HI/c1-14(2)11-13-20-17(18)19-12-5-6-15-7-9-16(10-8-15)21(3)4;/h7-10,14H,5-6,11-13H2,1-4H3,(H3,18,19,20);1H. The number of hydrogen-bond donors (Lipinski definition) is 2. The monoisotopic (exact) mass is 418 g/mol. The molecule has 1 rings (SSSR count). The van der Waals surface area contributed by atoms with E-state index in [1.54, 1.807) is 0 Å². The van der Waals surface area contributed by atoms with Crippen molar-refractivity contribution in [2.45, 2.75) is 33.1 Å². The van der Waals surface area contributed by atoms with E-state index in [0.29, 0.717) is 11.9 Å². The van der Waals surface area contributed by atoms with E-state index in [0.717, 1.165) is 32.4 Å². The Bertz CT molecular complexity index is 427. The first-order valence-corrected chi connectivity index (χ1v) is 7.79. The highest BCUT2D eigenvalue weighted by Gasteiger charge is 1.97. The van der Waals surface area contributed by atoms with Gasteiger partial charge in [-0.2, -0.15) is 0 Å². The number of anilines is 1. The summed E-state index contributed by atoms with van der Waals surface area (Å²) in [6.45, 7) is 6.09. The minimum absolute atomic E-state index is 0. The maximum Gasteiger partial charge on any atom is 0.188 e. The zero-order valence-corrected chi connectivity index (χ0v) is 16.6. The van der Waals surface area contributed by atoms with Gasteiger partial charge in [0.2, 0.25) is 0 Å².